The molecule has 1 heterocycles. The van der Waals surface area contributed by atoms with Gasteiger partial charge in [0, 0.05) is 10.7 Å². The van der Waals surface area contributed by atoms with Crippen molar-refractivity contribution in [1.29, 1.82) is 0 Å². The number of hydrogen-bond acceptors (Lipinski definition) is 2. The molecule has 0 N–H and O–H groups in total. The number of methoxy groups -OCH3 is 1. The van der Waals surface area contributed by atoms with Crippen LogP contribution in [-0.4, -0.2) is 23.3 Å². The minimum atomic E-state index is 0.235. The van der Waals surface area contributed by atoms with Gasteiger partial charge in [0.05, 0.1) is 29.6 Å². The van der Waals surface area contributed by atoms with Gasteiger partial charge in [0.25, 0.3) is 0 Å². The van der Waals surface area contributed by atoms with Gasteiger partial charge in [-0.3, -0.25) is 0 Å². The van der Waals surface area contributed by atoms with E-state index in [1.165, 1.54) is 3.57 Å². The van der Waals surface area contributed by atoms with Crippen molar-refractivity contribution in [3.8, 4) is 0 Å². The highest BCUT2D eigenvalue weighted by Gasteiger charge is 2.15. The van der Waals surface area contributed by atoms with Crippen molar-refractivity contribution in [1.82, 2.24) is 9.55 Å². The van der Waals surface area contributed by atoms with E-state index in [0.717, 1.165) is 16.9 Å². The highest BCUT2D eigenvalue weighted by Crippen LogP contribution is 2.24. The molecule has 0 amide bonds. The average molecular weight is 365 g/mol. The Bertz CT molecular complexity index is 526. The number of fused-ring (bicyclic) bond motifs is 1. The number of halogens is 2. The standard InChI is InChI=1S/C12H14ClIN2O/c1-8(7-17-2)16-11-4-3-9(14)5-10(11)15-12(16)6-13/h3-5,8H,6-7H2,1-2H3. The Balaban J connectivity index is 2.58. The summed E-state index contributed by atoms with van der Waals surface area (Å²) >= 11 is 8.25. The zero-order valence-corrected chi connectivity index (χ0v) is 12.7. The van der Waals surface area contributed by atoms with Crippen molar-refractivity contribution < 1.29 is 4.74 Å². The average Bonchev–Trinajstić information content (AvgIpc) is 2.66. The van der Waals surface area contributed by atoms with Crippen molar-refractivity contribution in [3.63, 3.8) is 0 Å². The van der Waals surface area contributed by atoms with Crippen LogP contribution < -0.4 is 0 Å². The van der Waals surface area contributed by atoms with E-state index in [1.807, 2.05) is 0 Å². The highest BCUT2D eigenvalue weighted by molar-refractivity contribution is 14.1. The summed E-state index contributed by atoms with van der Waals surface area (Å²) in [5.41, 5.74) is 2.11. The minimum Gasteiger partial charge on any atom is -0.383 e. The summed E-state index contributed by atoms with van der Waals surface area (Å²) in [7, 11) is 1.71. The van der Waals surface area contributed by atoms with Crippen LogP contribution in [0.1, 0.15) is 18.8 Å². The molecule has 5 heteroatoms. The first-order valence-electron chi connectivity index (χ1n) is 5.38. The summed E-state index contributed by atoms with van der Waals surface area (Å²) in [5, 5.41) is 0. The van der Waals surface area contributed by atoms with E-state index in [9.17, 15) is 0 Å². The summed E-state index contributed by atoms with van der Waals surface area (Å²) in [5.74, 6) is 1.31. The third-order valence-corrected chi connectivity index (χ3v) is 3.60. The number of nitrogens with zero attached hydrogens (tertiary/aromatic N) is 2. The zero-order valence-electron chi connectivity index (χ0n) is 9.78. The lowest BCUT2D eigenvalue weighted by atomic mass is 10.3. The van der Waals surface area contributed by atoms with Gasteiger partial charge in [0.2, 0.25) is 0 Å². The maximum absolute atomic E-state index is 5.96. The molecule has 0 saturated heterocycles. The summed E-state index contributed by atoms with van der Waals surface area (Å²) in [6.45, 7) is 2.76. The molecule has 1 unspecified atom stereocenters. The molecule has 17 heavy (non-hydrogen) atoms. The van der Waals surface area contributed by atoms with E-state index in [2.05, 4.69) is 57.3 Å². The van der Waals surface area contributed by atoms with Crippen molar-refractivity contribution in [3.05, 3.63) is 27.6 Å². The van der Waals surface area contributed by atoms with Crippen molar-refractivity contribution in [2.75, 3.05) is 13.7 Å². The first-order chi connectivity index (χ1) is 8.17. The molecule has 92 valence electrons. The van der Waals surface area contributed by atoms with Gasteiger partial charge in [-0.05, 0) is 47.7 Å². The van der Waals surface area contributed by atoms with Crippen LogP contribution in [0.5, 0.6) is 0 Å². The first kappa shape index (κ1) is 13.1. The summed E-state index contributed by atoms with van der Waals surface area (Å²) in [4.78, 5) is 4.57. The molecule has 3 nitrogen and oxygen atoms in total. The van der Waals surface area contributed by atoms with Gasteiger partial charge in [-0.1, -0.05) is 0 Å². The number of ether oxygens (including phenoxy) is 1. The number of aromatic nitrogens is 2. The Kier molecular flexibility index (Phi) is 4.27. The largest absolute Gasteiger partial charge is 0.383 e. The fourth-order valence-corrected chi connectivity index (χ4v) is 2.69. The van der Waals surface area contributed by atoms with Gasteiger partial charge >= 0.3 is 0 Å². The van der Waals surface area contributed by atoms with Crippen LogP contribution in [0.4, 0.5) is 0 Å². The molecule has 2 aromatic rings. The topological polar surface area (TPSA) is 27.1 Å². The minimum absolute atomic E-state index is 0.235. The monoisotopic (exact) mass is 364 g/mol. The van der Waals surface area contributed by atoms with E-state index in [4.69, 9.17) is 16.3 Å². The molecule has 0 aliphatic carbocycles. The zero-order chi connectivity index (χ0) is 12.4. The van der Waals surface area contributed by atoms with Crippen molar-refractivity contribution in [2.45, 2.75) is 18.8 Å². The van der Waals surface area contributed by atoms with Gasteiger partial charge < -0.3 is 9.30 Å². The second-order valence-electron chi connectivity index (χ2n) is 3.97. The van der Waals surface area contributed by atoms with Gasteiger partial charge in [-0.25, -0.2) is 4.98 Å². The molecule has 0 bridgehead atoms. The van der Waals surface area contributed by atoms with Crippen LogP contribution in [0, 0.1) is 3.57 Å². The molecule has 1 atom stereocenters. The predicted molar refractivity (Wildman–Crippen MR) is 78.6 cm³/mol. The van der Waals surface area contributed by atoms with Crippen LogP contribution in [0.15, 0.2) is 18.2 Å². The molecule has 0 radical (unpaired) electrons. The Hall–Kier alpha value is -0.330. The number of hydrogen-bond donors (Lipinski definition) is 0. The third kappa shape index (κ3) is 2.58. The van der Waals surface area contributed by atoms with Crippen LogP contribution in [0.3, 0.4) is 0 Å². The third-order valence-electron chi connectivity index (χ3n) is 2.69. The van der Waals surface area contributed by atoms with Crippen molar-refractivity contribution >= 4 is 45.2 Å². The molecule has 1 aromatic carbocycles. The molecule has 2 rings (SSSR count). The first-order valence-corrected chi connectivity index (χ1v) is 7.00. The molecular formula is C12H14ClIN2O. The summed E-state index contributed by atoms with van der Waals surface area (Å²) in [6, 6.07) is 6.48. The van der Waals surface area contributed by atoms with Gasteiger partial charge in [0.15, 0.2) is 0 Å². The molecule has 1 aromatic heterocycles. The fraction of sp³-hybridized carbons (Fsp3) is 0.417. The summed E-state index contributed by atoms with van der Waals surface area (Å²) in [6.07, 6.45) is 0. The highest BCUT2D eigenvalue weighted by atomic mass is 127. The predicted octanol–water partition coefficient (Wildman–Crippen LogP) is 3.59. The lowest BCUT2D eigenvalue weighted by Crippen LogP contribution is -2.13. The normalized spacial score (nSPS) is 13.2. The number of benzene rings is 1. The Morgan fingerprint density at radius 2 is 2.29 bits per heavy atom. The molecule has 0 fully saturated rings. The molecule has 0 aliphatic heterocycles. The lowest BCUT2D eigenvalue weighted by Gasteiger charge is -2.15. The van der Waals surface area contributed by atoms with E-state index in [0.29, 0.717) is 12.5 Å². The number of alkyl halides is 1. The van der Waals surface area contributed by atoms with Gasteiger partial charge in [0.1, 0.15) is 5.82 Å². The van der Waals surface area contributed by atoms with Crippen LogP contribution in [0.2, 0.25) is 0 Å². The second kappa shape index (κ2) is 5.54. The Labute approximate surface area is 119 Å². The van der Waals surface area contributed by atoms with E-state index >= 15 is 0 Å². The number of rotatable bonds is 4. The van der Waals surface area contributed by atoms with E-state index < -0.39 is 0 Å². The molecule has 0 aliphatic rings. The van der Waals surface area contributed by atoms with Gasteiger partial charge in [-0.2, -0.15) is 0 Å². The lowest BCUT2D eigenvalue weighted by molar-refractivity contribution is 0.163. The van der Waals surface area contributed by atoms with Crippen LogP contribution in [0.25, 0.3) is 11.0 Å². The summed E-state index contributed by atoms with van der Waals surface area (Å²) < 4.78 is 8.54. The number of imidazole rings is 1. The van der Waals surface area contributed by atoms with Crippen molar-refractivity contribution in [2.24, 2.45) is 0 Å². The molecule has 0 saturated carbocycles. The maximum Gasteiger partial charge on any atom is 0.125 e. The second-order valence-corrected chi connectivity index (χ2v) is 5.48. The Morgan fingerprint density at radius 3 is 2.94 bits per heavy atom. The fourth-order valence-electron chi connectivity index (χ4n) is 2.02. The quantitative estimate of drug-likeness (QED) is 0.612. The van der Waals surface area contributed by atoms with Crippen LogP contribution >= 0.6 is 34.2 Å². The SMILES string of the molecule is COCC(C)n1c(CCl)nc2cc(I)ccc21. The van der Waals surface area contributed by atoms with Crippen LogP contribution in [-0.2, 0) is 10.6 Å². The van der Waals surface area contributed by atoms with E-state index in [-0.39, 0.29) is 6.04 Å². The maximum atomic E-state index is 5.96. The molecular weight excluding hydrogens is 351 g/mol. The smallest absolute Gasteiger partial charge is 0.125 e. The van der Waals surface area contributed by atoms with Gasteiger partial charge in [-0.15, -0.1) is 11.6 Å². The van der Waals surface area contributed by atoms with E-state index in [1.54, 1.807) is 7.11 Å². The molecule has 0 spiro atoms. The Morgan fingerprint density at radius 1 is 1.53 bits per heavy atom.